The zero-order valence-electron chi connectivity index (χ0n) is 18.4. The van der Waals surface area contributed by atoms with Crippen molar-refractivity contribution in [1.29, 1.82) is 0 Å². The highest BCUT2D eigenvalue weighted by Crippen LogP contribution is 2.42. The molecule has 172 valence electrons. The smallest absolute Gasteiger partial charge is 0.153 e. The summed E-state index contributed by atoms with van der Waals surface area (Å²) in [6.45, 7) is 6.30. The Bertz CT molecular complexity index is 1120. The second-order valence-electron chi connectivity index (χ2n) is 9.02. The number of rotatable bonds is 3. The highest BCUT2D eigenvalue weighted by molar-refractivity contribution is 5.84. The summed E-state index contributed by atoms with van der Waals surface area (Å²) in [5, 5.41) is 15.5. The largest absolute Gasteiger partial charge is 0.390 e. The van der Waals surface area contributed by atoms with Crippen LogP contribution in [0.2, 0.25) is 0 Å². The fourth-order valence-electron chi connectivity index (χ4n) is 5.10. The van der Waals surface area contributed by atoms with E-state index in [9.17, 15) is 5.11 Å². The van der Waals surface area contributed by atoms with Gasteiger partial charge in [-0.05, 0) is 32.8 Å². The number of hydrogen-bond donors (Lipinski definition) is 2. The van der Waals surface area contributed by atoms with Gasteiger partial charge >= 0.3 is 0 Å². The van der Waals surface area contributed by atoms with E-state index in [1.807, 2.05) is 37.0 Å². The molecule has 1 aromatic carbocycles. The fourth-order valence-corrected chi connectivity index (χ4v) is 5.10. The normalized spacial score (nSPS) is 22.5. The Hall–Kier alpha value is -2.55. The molecular weight excluding hydrogens is 404 g/mol. The maximum absolute atomic E-state index is 10.1. The highest BCUT2D eigenvalue weighted by Gasteiger charge is 2.47. The molecule has 4 heterocycles. The number of nitrogens with zero attached hydrogens (tertiary/aromatic N) is 5. The van der Waals surface area contributed by atoms with E-state index in [1.165, 1.54) is 0 Å². The van der Waals surface area contributed by atoms with Gasteiger partial charge in [-0.3, -0.25) is 4.68 Å². The lowest BCUT2D eigenvalue weighted by Gasteiger charge is -2.42. The summed E-state index contributed by atoms with van der Waals surface area (Å²) >= 11 is 0. The van der Waals surface area contributed by atoms with E-state index in [1.54, 1.807) is 0 Å². The van der Waals surface area contributed by atoms with E-state index >= 15 is 0 Å². The molecule has 2 saturated heterocycles. The third kappa shape index (κ3) is 3.56. The van der Waals surface area contributed by atoms with Gasteiger partial charge in [-0.15, -0.1) is 0 Å². The van der Waals surface area contributed by atoms with Gasteiger partial charge in [-0.25, -0.2) is 9.97 Å². The van der Waals surface area contributed by atoms with Gasteiger partial charge in [-0.1, -0.05) is 19.6 Å². The Balaban J connectivity index is 0.00000245. The molecule has 3 N–H and O–H groups in total. The Labute approximate surface area is 189 Å². The lowest BCUT2D eigenvalue weighted by molar-refractivity contribution is 0.0973. The Morgan fingerprint density at radius 3 is 2.66 bits per heavy atom. The van der Waals surface area contributed by atoms with Crippen molar-refractivity contribution in [2.24, 2.45) is 18.2 Å². The van der Waals surface area contributed by atoms with Gasteiger partial charge in [0.05, 0.1) is 42.4 Å². The lowest BCUT2D eigenvalue weighted by Crippen LogP contribution is -2.51. The first-order valence-corrected chi connectivity index (χ1v) is 10.9. The molecule has 0 amide bonds. The number of anilines is 1. The Morgan fingerprint density at radius 1 is 1.25 bits per heavy atom. The van der Waals surface area contributed by atoms with E-state index in [0.29, 0.717) is 5.69 Å². The van der Waals surface area contributed by atoms with Gasteiger partial charge in [0.25, 0.3) is 0 Å². The molecule has 1 spiro atoms. The minimum absolute atomic E-state index is 0. The first-order valence-electron chi connectivity index (χ1n) is 10.9. The number of hydrogen-bond acceptors (Lipinski definition) is 7. The molecule has 2 fully saturated rings. The molecule has 2 aliphatic heterocycles. The van der Waals surface area contributed by atoms with Gasteiger partial charge in [0.2, 0.25) is 0 Å². The average molecular weight is 439 g/mol. The lowest BCUT2D eigenvalue weighted by atomic mass is 9.73. The van der Waals surface area contributed by atoms with Crippen LogP contribution in [0.15, 0.2) is 24.4 Å². The highest BCUT2D eigenvalue weighted by atomic mass is 16.5. The second-order valence-corrected chi connectivity index (χ2v) is 9.02. The second kappa shape index (κ2) is 8.42. The molecule has 0 radical (unpaired) electrons. The van der Waals surface area contributed by atoms with Crippen molar-refractivity contribution in [2.45, 2.75) is 52.9 Å². The number of aryl methyl sites for hydroxylation is 2. The predicted molar refractivity (Wildman–Crippen MR) is 126 cm³/mol. The number of benzene rings is 1. The van der Waals surface area contributed by atoms with Crippen LogP contribution in [0.5, 0.6) is 0 Å². The van der Waals surface area contributed by atoms with E-state index < -0.39 is 0 Å². The molecule has 0 aliphatic carbocycles. The number of aromatic nitrogens is 4. The first kappa shape index (κ1) is 22.6. The van der Waals surface area contributed by atoms with Crippen LogP contribution in [0.1, 0.15) is 38.6 Å². The summed E-state index contributed by atoms with van der Waals surface area (Å²) in [6.07, 6.45) is 3.88. The summed E-state index contributed by atoms with van der Waals surface area (Å²) < 4.78 is 7.70. The summed E-state index contributed by atoms with van der Waals surface area (Å²) in [7, 11) is 1.93. The Kier molecular flexibility index (Phi) is 5.96. The van der Waals surface area contributed by atoms with Gasteiger partial charge in [0.15, 0.2) is 5.82 Å². The summed E-state index contributed by atoms with van der Waals surface area (Å²) in [5.41, 5.74) is 10.8. The summed E-state index contributed by atoms with van der Waals surface area (Å²) in [5.74, 6) is 0.778. The van der Waals surface area contributed by atoms with Crippen LogP contribution in [-0.4, -0.2) is 56.7 Å². The molecule has 2 atom stereocenters. The average Bonchev–Trinajstić information content (AvgIpc) is 3.29. The molecular formula is C24H34N6O2. The topological polar surface area (TPSA) is 102 Å². The van der Waals surface area contributed by atoms with Gasteiger partial charge in [0, 0.05) is 42.5 Å². The molecule has 32 heavy (non-hydrogen) atoms. The van der Waals surface area contributed by atoms with Crippen molar-refractivity contribution in [3.63, 3.8) is 0 Å². The molecule has 2 aromatic heterocycles. The SMILES string of the molecule is C.Cc1nc(N2CCC3(CC2)CO[C@@H](C)[C@H]3N)c(CO)nc1-c1ccc2cnn(C)c2c1. The van der Waals surface area contributed by atoms with E-state index in [4.69, 9.17) is 20.4 Å². The van der Waals surface area contributed by atoms with E-state index in [-0.39, 0.29) is 31.6 Å². The minimum atomic E-state index is -0.148. The molecule has 2 aliphatic rings. The number of aliphatic hydroxyl groups excluding tert-OH is 1. The predicted octanol–water partition coefficient (Wildman–Crippen LogP) is 2.80. The minimum Gasteiger partial charge on any atom is -0.390 e. The van der Waals surface area contributed by atoms with Crippen molar-refractivity contribution in [2.75, 3.05) is 24.6 Å². The number of nitrogens with two attached hydrogens (primary N) is 1. The standard InChI is InChI=1S/C23H30N6O2.CH4/c1-14-20(16-4-5-17-11-25-28(3)19(17)10-16)27-18(12-30)22(26-14)29-8-6-23(7-9-29)13-31-15(2)21(23)24;/h4-5,10-11,15,21,30H,6-9,12-13,24H2,1-3H3;1H4/t15-,21+;/m0./s1. The molecule has 0 unspecified atom stereocenters. The molecule has 8 heteroatoms. The van der Waals surface area contributed by atoms with Crippen molar-refractivity contribution in [3.05, 3.63) is 35.8 Å². The maximum Gasteiger partial charge on any atom is 0.153 e. The first-order chi connectivity index (χ1) is 14.9. The van der Waals surface area contributed by atoms with Crippen LogP contribution in [0.25, 0.3) is 22.2 Å². The van der Waals surface area contributed by atoms with Crippen LogP contribution >= 0.6 is 0 Å². The van der Waals surface area contributed by atoms with Crippen molar-refractivity contribution < 1.29 is 9.84 Å². The molecule has 0 saturated carbocycles. The number of ether oxygens (including phenoxy) is 1. The zero-order chi connectivity index (χ0) is 21.8. The zero-order valence-corrected chi connectivity index (χ0v) is 18.4. The quantitative estimate of drug-likeness (QED) is 0.648. The van der Waals surface area contributed by atoms with Gasteiger partial charge in [-0.2, -0.15) is 5.10 Å². The molecule has 5 rings (SSSR count). The van der Waals surface area contributed by atoms with Crippen LogP contribution in [0.3, 0.4) is 0 Å². The molecule has 3 aromatic rings. The monoisotopic (exact) mass is 438 g/mol. The Morgan fingerprint density at radius 2 is 2.00 bits per heavy atom. The molecule has 0 bridgehead atoms. The van der Waals surface area contributed by atoms with E-state index in [2.05, 4.69) is 23.0 Å². The van der Waals surface area contributed by atoms with E-state index in [0.717, 1.165) is 66.2 Å². The van der Waals surface area contributed by atoms with Crippen LogP contribution in [0.4, 0.5) is 5.82 Å². The van der Waals surface area contributed by atoms with Gasteiger partial charge < -0.3 is 20.5 Å². The van der Waals surface area contributed by atoms with Gasteiger partial charge in [0.1, 0.15) is 5.69 Å². The summed E-state index contributed by atoms with van der Waals surface area (Å²) in [6, 6.07) is 6.23. The molecule has 8 nitrogen and oxygen atoms in total. The van der Waals surface area contributed by atoms with Crippen LogP contribution in [-0.2, 0) is 18.4 Å². The number of piperidine rings is 1. The summed E-state index contributed by atoms with van der Waals surface area (Å²) in [4.78, 5) is 12.0. The van der Waals surface area contributed by atoms with Crippen molar-refractivity contribution in [3.8, 4) is 11.3 Å². The van der Waals surface area contributed by atoms with Crippen molar-refractivity contribution >= 4 is 16.7 Å². The van der Waals surface area contributed by atoms with Crippen molar-refractivity contribution in [1.82, 2.24) is 19.7 Å². The number of aliphatic hydroxyl groups is 1. The van der Waals surface area contributed by atoms with Crippen LogP contribution < -0.4 is 10.6 Å². The third-order valence-corrected chi connectivity index (χ3v) is 7.20. The maximum atomic E-state index is 10.1. The fraction of sp³-hybridized carbons (Fsp3) is 0.542. The van der Waals surface area contributed by atoms with Crippen LogP contribution in [0, 0.1) is 12.3 Å². The third-order valence-electron chi connectivity index (χ3n) is 7.20. The number of fused-ring (bicyclic) bond motifs is 1.